The molecule has 0 aliphatic heterocycles. The Kier molecular flexibility index (Phi) is 1.46. The first-order chi connectivity index (χ1) is 4.21. The van der Waals surface area contributed by atoms with Gasteiger partial charge in [-0.05, 0) is 37.5 Å². The second-order valence-electron chi connectivity index (χ2n) is 3.22. The van der Waals surface area contributed by atoms with Crippen LogP contribution in [0.5, 0.6) is 0 Å². The van der Waals surface area contributed by atoms with Crippen LogP contribution in [0.2, 0.25) is 0 Å². The fourth-order valence-corrected chi connectivity index (χ4v) is 4.03. The second kappa shape index (κ2) is 1.97. The topological polar surface area (TPSA) is 0 Å². The van der Waals surface area contributed by atoms with Crippen molar-refractivity contribution in [2.45, 2.75) is 28.9 Å². The third kappa shape index (κ3) is 0.823. The Bertz CT molecular complexity index is 109. The molecule has 0 atom stereocenters. The molecule has 0 spiro atoms. The summed E-state index contributed by atoms with van der Waals surface area (Å²) in [7, 11) is 0. The lowest BCUT2D eigenvalue weighted by Gasteiger charge is -2.18. The highest BCUT2D eigenvalue weighted by molar-refractivity contribution is 9.25. The maximum absolute atomic E-state index is 3.75. The first-order valence-corrected chi connectivity index (χ1v) is 5.17. The molecule has 2 saturated carbocycles. The second-order valence-corrected chi connectivity index (χ2v) is 6.91. The van der Waals surface area contributed by atoms with Crippen molar-refractivity contribution in [1.29, 1.82) is 0 Å². The summed E-state index contributed by atoms with van der Waals surface area (Å²) < 4.78 is 0.347. The molecule has 2 aliphatic rings. The third-order valence-electron chi connectivity index (χ3n) is 2.82. The van der Waals surface area contributed by atoms with Gasteiger partial charge in [-0.25, -0.2) is 0 Å². The van der Waals surface area contributed by atoms with E-state index < -0.39 is 0 Å². The van der Waals surface area contributed by atoms with Gasteiger partial charge in [0.05, 0.1) is 3.23 Å². The molecule has 0 N–H and O–H groups in total. The summed E-state index contributed by atoms with van der Waals surface area (Å²) in [4.78, 5) is 0. The van der Waals surface area contributed by atoms with Crippen LogP contribution in [0.4, 0.5) is 0 Å². The predicted molar refractivity (Wildman–Crippen MR) is 46.0 cm³/mol. The minimum Gasteiger partial charge on any atom is -0.0721 e. The Morgan fingerprint density at radius 3 is 1.33 bits per heavy atom. The van der Waals surface area contributed by atoms with Crippen molar-refractivity contribution in [3.63, 3.8) is 0 Å². The molecule has 0 aromatic carbocycles. The lowest BCUT2D eigenvalue weighted by atomic mass is 10.0. The van der Waals surface area contributed by atoms with E-state index in [9.17, 15) is 0 Å². The first kappa shape index (κ1) is 6.66. The van der Waals surface area contributed by atoms with E-state index >= 15 is 0 Å². The molecule has 9 heavy (non-hydrogen) atoms. The molecule has 0 unspecified atom stereocenters. The van der Waals surface area contributed by atoms with Gasteiger partial charge in [-0.2, -0.15) is 0 Å². The molecule has 2 rings (SSSR count). The number of fused-ring (bicyclic) bond motifs is 2. The van der Waals surface area contributed by atoms with Crippen LogP contribution in [0, 0.1) is 11.8 Å². The van der Waals surface area contributed by atoms with E-state index in [1.807, 2.05) is 0 Å². The summed E-state index contributed by atoms with van der Waals surface area (Å²) in [5.74, 6) is 1.84. The van der Waals surface area contributed by atoms with Crippen LogP contribution < -0.4 is 0 Å². The van der Waals surface area contributed by atoms with Gasteiger partial charge in [0.25, 0.3) is 0 Å². The fourth-order valence-electron chi connectivity index (χ4n) is 2.20. The summed E-state index contributed by atoms with van der Waals surface area (Å²) in [6.45, 7) is 0. The Morgan fingerprint density at radius 1 is 0.889 bits per heavy atom. The maximum atomic E-state index is 3.75. The van der Waals surface area contributed by atoms with Gasteiger partial charge in [-0.3, -0.25) is 0 Å². The van der Waals surface area contributed by atoms with E-state index in [2.05, 4.69) is 31.9 Å². The van der Waals surface area contributed by atoms with Gasteiger partial charge in [0.2, 0.25) is 0 Å². The number of rotatable bonds is 0. The average molecular weight is 254 g/mol. The van der Waals surface area contributed by atoms with Crippen molar-refractivity contribution in [3.8, 4) is 0 Å². The van der Waals surface area contributed by atoms with E-state index in [0.29, 0.717) is 3.23 Å². The zero-order valence-corrected chi connectivity index (χ0v) is 8.41. The third-order valence-corrected chi connectivity index (χ3v) is 5.41. The normalized spacial score (nSPS) is 46.0. The summed E-state index contributed by atoms with van der Waals surface area (Å²) in [5, 5.41) is 0. The molecule has 0 aromatic heterocycles. The lowest BCUT2D eigenvalue weighted by Crippen LogP contribution is -2.16. The minimum atomic E-state index is 0.347. The summed E-state index contributed by atoms with van der Waals surface area (Å²) in [6, 6.07) is 0. The number of hydrogen-bond acceptors (Lipinski definition) is 0. The Hall–Kier alpha value is 0.960. The Morgan fingerprint density at radius 2 is 1.22 bits per heavy atom. The van der Waals surface area contributed by atoms with Crippen LogP contribution in [-0.4, -0.2) is 3.23 Å². The molecular formula is C7H10Br2. The summed E-state index contributed by atoms with van der Waals surface area (Å²) in [6.07, 6.45) is 5.73. The molecule has 0 aromatic rings. The first-order valence-electron chi connectivity index (χ1n) is 3.59. The van der Waals surface area contributed by atoms with Crippen molar-refractivity contribution in [1.82, 2.24) is 0 Å². The predicted octanol–water partition coefficient (Wildman–Crippen LogP) is 3.29. The van der Waals surface area contributed by atoms with Gasteiger partial charge in [0.15, 0.2) is 0 Å². The molecule has 0 heterocycles. The van der Waals surface area contributed by atoms with Crippen molar-refractivity contribution >= 4 is 31.9 Å². The molecule has 2 fully saturated rings. The van der Waals surface area contributed by atoms with E-state index in [1.165, 1.54) is 25.7 Å². The zero-order valence-electron chi connectivity index (χ0n) is 5.24. The number of halogens is 2. The van der Waals surface area contributed by atoms with Gasteiger partial charge in [-0.15, -0.1) is 0 Å². The van der Waals surface area contributed by atoms with Crippen LogP contribution in [0.1, 0.15) is 25.7 Å². The van der Waals surface area contributed by atoms with Gasteiger partial charge in [0.1, 0.15) is 0 Å². The van der Waals surface area contributed by atoms with Crippen molar-refractivity contribution < 1.29 is 0 Å². The Labute approximate surface area is 72.7 Å². The molecular weight excluding hydrogens is 244 g/mol. The maximum Gasteiger partial charge on any atom is 0.0861 e. The molecule has 2 bridgehead atoms. The van der Waals surface area contributed by atoms with E-state index in [-0.39, 0.29) is 0 Å². The summed E-state index contributed by atoms with van der Waals surface area (Å²) in [5.41, 5.74) is 0. The van der Waals surface area contributed by atoms with Crippen LogP contribution in [0.3, 0.4) is 0 Å². The molecule has 0 nitrogen and oxygen atoms in total. The van der Waals surface area contributed by atoms with E-state index in [1.54, 1.807) is 0 Å². The van der Waals surface area contributed by atoms with Crippen molar-refractivity contribution in [3.05, 3.63) is 0 Å². The molecule has 0 radical (unpaired) electrons. The highest BCUT2D eigenvalue weighted by Crippen LogP contribution is 2.60. The van der Waals surface area contributed by atoms with Crippen LogP contribution in [0.25, 0.3) is 0 Å². The fraction of sp³-hybridized carbons (Fsp3) is 1.00. The van der Waals surface area contributed by atoms with Crippen LogP contribution >= 0.6 is 31.9 Å². The standard InChI is InChI=1S/C7H10Br2/c8-7(9)5-1-2-6(7)4-3-5/h5-6H,1-4H2. The molecule has 0 amide bonds. The number of alkyl halides is 2. The van der Waals surface area contributed by atoms with Gasteiger partial charge < -0.3 is 0 Å². The molecule has 52 valence electrons. The van der Waals surface area contributed by atoms with Gasteiger partial charge in [-0.1, -0.05) is 31.9 Å². The quantitative estimate of drug-likeness (QED) is 0.582. The van der Waals surface area contributed by atoms with Crippen LogP contribution in [0.15, 0.2) is 0 Å². The number of hydrogen-bond donors (Lipinski definition) is 0. The molecule has 0 saturated heterocycles. The van der Waals surface area contributed by atoms with Gasteiger partial charge in [0, 0.05) is 0 Å². The van der Waals surface area contributed by atoms with Crippen LogP contribution in [-0.2, 0) is 0 Å². The van der Waals surface area contributed by atoms with E-state index in [0.717, 1.165) is 11.8 Å². The van der Waals surface area contributed by atoms with Crippen molar-refractivity contribution in [2.24, 2.45) is 11.8 Å². The zero-order chi connectivity index (χ0) is 6.48. The molecule has 2 aliphatic carbocycles. The van der Waals surface area contributed by atoms with E-state index in [4.69, 9.17) is 0 Å². The largest absolute Gasteiger partial charge is 0.0861 e. The minimum absolute atomic E-state index is 0.347. The monoisotopic (exact) mass is 252 g/mol. The smallest absolute Gasteiger partial charge is 0.0721 e. The highest BCUT2D eigenvalue weighted by atomic mass is 79.9. The van der Waals surface area contributed by atoms with Gasteiger partial charge >= 0.3 is 0 Å². The lowest BCUT2D eigenvalue weighted by molar-refractivity contribution is 0.480. The average Bonchev–Trinajstić information content (AvgIpc) is 2.24. The Balaban J connectivity index is 2.26. The SMILES string of the molecule is BrC1(Br)C2CCC1CC2. The highest BCUT2D eigenvalue weighted by Gasteiger charge is 2.50. The van der Waals surface area contributed by atoms with Crippen molar-refractivity contribution in [2.75, 3.05) is 0 Å². The summed E-state index contributed by atoms with van der Waals surface area (Å²) >= 11 is 7.50. The molecule has 2 heteroatoms.